The molecule has 0 aliphatic carbocycles. The van der Waals surface area contributed by atoms with Crippen LogP contribution in [0.25, 0.3) is 6.08 Å². The van der Waals surface area contributed by atoms with Crippen LogP contribution in [0, 0.1) is 0 Å². The number of hydrogen-bond donors (Lipinski definition) is 2. The molecular formula is C14H21BClN3O2. The average Bonchev–Trinajstić information content (AvgIpc) is 2.57. The van der Waals surface area contributed by atoms with Gasteiger partial charge in [0.2, 0.25) is 0 Å². The summed E-state index contributed by atoms with van der Waals surface area (Å²) in [6, 6.07) is 1.60. The third kappa shape index (κ3) is 3.24. The molecule has 0 radical (unpaired) electrons. The van der Waals surface area contributed by atoms with E-state index in [9.17, 15) is 0 Å². The summed E-state index contributed by atoms with van der Waals surface area (Å²) in [6.07, 6.45) is 3.45. The molecule has 0 saturated carbocycles. The van der Waals surface area contributed by atoms with Gasteiger partial charge in [0, 0.05) is 18.3 Å². The summed E-state index contributed by atoms with van der Waals surface area (Å²) in [4.78, 5) is 4.04. The van der Waals surface area contributed by atoms with Crippen molar-refractivity contribution < 1.29 is 9.31 Å². The van der Waals surface area contributed by atoms with Crippen LogP contribution >= 0.6 is 11.6 Å². The maximum Gasteiger partial charge on any atom is 0.491 e. The molecule has 1 saturated heterocycles. The molecule has 4 N–H and O–H groups in total. The van der Waals surface area contributed by atoms with E-state index in [2.05, 4.69) is 4.98 Å². The highest BCUT2D eigenvalue weighted by Gasteiger charge is 2.52. The molecule has 2 heterocycles. The topological polar surface area (TPSA) is 83.4 Å². The third-order valence-corrected chi connectivity index (χ3v) is 4.36. The van der Waals surface area contributed by atoms with E-state index in [1.54, 1.807) is 12.3 Å². The molecule has 0 bridgehead atoms. The Morgan fingerprint density at radius 3 is 2.38 bits per heavy atom. The first-order valence-electron chi connectivity index (χ1n) is 6.83. The van der Waals surface area contributed by atoms with E-state index < -0.39 is 18.3 Å². The van der Waals surface area contributed by atoms with Gasteiger partial charge in [0.1, 0.15) is 5.82 Å². The molecule has 21 heavy (non-hydrogen) atoms. The highest BCUT2D eigenvalue weighted by Crippen LogP contribution is 2.38. The molecule has 0 aromatic carbocycles. The molecule has 0 amide bonds. The summed E-state index contributed by atoms with van der Waals surface area (Å²) in [6.45, 7) is 8.30. The standard InChI is InChI=1S/C14H21BClN3O2/c1-13(2)14(3,4)21-15(20-13)10(7-17)5-9-8-19-12(18)6-11(9)16/h5-6,8H,7,17H2,1-4H3,(H2,18,19). The molecule has 0 atom stereocenters. The summed E-state index contributed by atoms with van der Waals surface area (Å²) >= 11 is 6.16. The molecule has 1 aromatic heterocycles. The average molecular weight is 310 g/mol. The van der Waals surface area contributed by atoms with E-state index in [1.807, 2.05) is 33.8 Å². The number of hydrogen-bond acceptors (Lipinski definition) is 5. The first kappa shape index (κ1) is 16.3. The second-order valence-electron chi connectivity index (χ2n) is 6.14. The fraction of sp³-hybridized carbons (Fsp3) is 0.500. The van der Waals surface area contributed by atoms with Crippen LogP contribution < -0.4 is 11.5 Å². The lowest BCUT2D eigenvalue weighted by molar-refractivity contribution is 0.00578. The number of pyridine rings is 1. The quantitative estimate of drug-likeness (QED) is 0.837. The fourth-order valence-corrected chi connectivity index (χ4v) is 2.19. The van der Waals surface area contributed by atoms with Gasteiger partial charge in [0.05, 0.1) is 16.2 Å². The SMILES string of the molecule is CC1(C)OB(C(=Cc2cnc(N)cc2Cl)CN)OC1(C)C. The normalized spacial score (nSPS) is 20.9. The van der Waals surface area contributed by atoms with Crippen molar-refractivity contribution in [1.82, 2.24) is 4.98 Å². The van der Waals surface area contributed by atoms with E-state index >= 15 is 0 Å². The maximum atomic E-state index is 6.16. The van der Waals surface area contributed by atoms with Crippen molar-refractivity contribution in [2.45, 2.75) is 38.9 Å². The Morgan fingerprint density at radius 1 is 1.33 bits per heavy atom. The van der Waals surface area contributed by atoms with Crippen LogP contribution in [-0.2, 0) is 9.31 Å². The van der Waals surface area contributed by atoms with Gasteiger partial charge in [-0.1, -0.05) is 17.7 Å². The van der Waals surface area contributed by atoms with Gasteiger partial charge in [-0.25, -0.2) is 4.98 Å². The van der Waals surface area contributed by atoms with Crippen LogP contribution in [0.5, 0.6) is 0 Å². The minimum Gasteiger partial charge on any atom is -0.400 e. The van der Waals surface area contributed by atoms with Crippen LogP contribution in [0.2, 0.25) is 5.02 Å². The van der Waals surface area contributed by atoms with E-state index in [1.165, 1.54) is 0 Å². The van der Waals surface area contributed by atoms with Crippen molar-refractivity contribution in [3.63, 3.8) is 0 Å². The number of nitrogen functional groups attached to an aromatic ring is 1. The number of aromatic nitrogens is 1. The number of nitrogens with zero attached hydrogens (tertiary/aromatic N) is 1. The van der Waals surface area contributed by atoms with Crippen LogP contribution in [-0.4, -0.2) is 29.8 Å². The molecule has 2 rings (SSSR count). The van der Waals surface area contributed by atoms with Crippen LogP contribution in [0.3, 0.4) is 0 Å². The molecule has 0 unspecified atom stereocenters. The van der Waals surface area contributed by atoms with Crippen molar-refractivity contribution in [2.24, 2.45) is 5.73 Å². The van der Waals surface area contributed by atoms with Gasteiger partial charge in [0.25, 0.3) is 0 Å². The molecular weight excluding hydrogens is 288 g/mol. The van der Waals surface area contributed by atoms with Gasteiger partial charge < -0.3 is 20.8 Å². The molecule has 114 valence electrons. The zero-order valence-electron chi connectivity index (χ0n) is 12.8. The van der Waals surface area contributed by atoms with Crippen LogP contribution in [0.4, 0.5) is 5.82 Å². The van der Waals surface area contributed by atoms with Crippen molar-refractivity contribution in [2.75, 3.05) is 12.3 Å². The summed E-state index contributed by atoms with van der Waals surface area (Å²) in [5, 5.41) is 0.518. The maximum absolute atomic E-state index is 6.16. The smallest absolute Gasteiger partial charge is 0.400 e. The highest BCUT2D eigenvalue weighted by atomic mass is 35.5. The van der Waals surface area contributed by atoms with Crippen molar-refractivity contribution in [3.05, 3.63) is 28.3 Å². The Morgan fingerprint density at radius 2 is 1.90 bits per heavy atom. The van der Waals surface area contributed by atoms with Gasteiger partial charge in [-0.2, -0.15) is 0 Å². The molecule has 0 spiro atoms. The Labute approximate surface area is 130 Å². The molecule has 7 heteroatoms. The van der Waals surface area contributed by atoms with Crippen LogP contribution in [0.1, 0.15) is 33.3 Å². The van der Waals surface area contributed by atoms with Gasteiger partial charge in [-0.15, -0.1) is 0 Å². The summed E-state index contributed by atoms with van der Waals surface area (Å²) in [5.41, 5.74) is 12.2. The Balaban J connectivity index is 2.31. The fourth-order valence-electron chi connectivity index (χ4n) is 1.98. The minimum absolute atomic E-state index is 0.303. The summed E-state index contributed by atoms with van der Waals surface area (Å²) < 4.78 is 12.0. The number of rotatable bonds is 3. The number of halogens is 1. The van der Waals surface area contributed by atoms with Crippen molar-refractivity contribution >= 4 is 30.6 Å². The summed E-state index contributed by atoms with van der Waals surface area (Å²) in [5.74, 6) is 0.377. The summed E-state index contributed by atoms with van der Waals surface area (Å²) in [7, 11) is -0.492. The van der Waals surface area contributed by atoms with Gasteiger partial charge in [0.15, 0.2) is 0 Å². The highest BCUT2D eigenvalue weighted by molar-refractivity contribution is 6.56. The van der Waals surface area contributed by atoms with Crippen molar-refractivity contribution in [3.8, 4) is 0 Å². The lowest BCUT2D eigenvalue weighted by Crippen LogP contribution is -2.41. The Hall–Kier alpha value is -1.08. The Kier molecular flexibility index (Phi) is 4.35. The Bertz CT molecular complexity index is 559. The molecule has 1 aliphatic heterocycles. The monoisotopic (exact) mass is 309 g/mol. The molecule has 1 fully saturated rings. The first-order chi connectivity index (χ1) is 9.66. The molecule has 1 aliphatic rings. The largest absolute Gasteiger partial charge is 0.491 e. The van der Waals surface area contributed by atoms with Gasteiger partial charge >= 0.3 is 7.12 Å². The second kappa shape index (κ2) is 5.61. The zero-order valence-corrected chi connectivity index (χ0v) is 13.6. The number of nitrogens with two attached hydrogens (primary N) is 2. The minimum atomic E-state index is -0.492. The third-order valence-electron chi connectivity index (χ3n) is 4.04. The van der Waals surface area contributed by atoms with E-state index in [0.29, 0.717) is 17.4 Å². The van der Waals surface area contributed by atoms with Crippen LogP contribution in [0.15, 0.2) is 17.7 Å². The molecule has 1 aromatic rings. The lowest BCUT2D eigenvalue weighted by atomic mass is 9.77. The van der Waals surface area contributed by atoms with E-state index in [-0.39, 0.29) is 0 Å². The second-order valence-corrected chi connectivity index (χ2v) is 6.55. The lowest BCUT2D eigenvalue weighted by Gasteiger charge is -2.32. The predicted octanol–water partition coefficient (Wildman–Crippen LogP) is 2.29. The van der Waals surface area contributed by atoms with E-state index in [4.69, 9.17) is 32.4 Å². The van der Waals surface area contributed by atoms with Crippen molar-refractivity contribution in [1.29, 1.82) is 0 Å². The van der Waals surface area contributed by atoms with Gasteiger partial charge in [-0.05, 0) is 39.2 Å². The predicted molar refractivity (Wildman–Crippen MR) is 86.8 cm³/mol. The molecule has 5 nitrogen and oxygen atoms in total. The zero-order chi connectivity index (χ0) is 15.8. The number of anilines is 1. The van der Waals surface area contributed by atoms with Gasteiger partial charge in [-0.3, -0.25) is 0 Å². The van der Waals surface area contributed by atoms with E-state index in [0.717, 1.165) is 11.0 Å². The first-order valence-corrected chi connectivity index (χ1v) is 7.21.